The normalized spacial score (nSPS) is 14.6. The number of fused-ring (bicyclic) bond motifs is 1. The second-order valence-electron chi connectivity index (χ2n) is 5.67. The predicted molar refractivity (Wildman–Crippen MR) is 89.6 cm³/mol. The third-order valence-corrected chi connectivity index (χ3v) is 4.11. The van der Waals surface area contributed by atoms with Crippen molar-refractivity contribution in [3.05, 3.63) is 54.2 Å². The number of hydrogen-bond donors (Lipinski definition) is 1. The van der Waals surface area contributed by atoms with Crippen LogP contribution in [0.25, 0.3) is 11.0 Å². The zero-order valence-electron chi connectivity index (χ0n) is 13.4. The predicted octanol–water partition coefficient (Wildman–Crippen LogP) is 2.75. The molecule has 128 valence electrons. The first-order valence-corrected chi connectivity index (χ1v) is 7.96. The Hall–Kier alpha value is -3.06. The van der Waals surface area contributed by atoms with Gasteiger partial charge in [-0.1, -0.05) is 12.1 Å². The molecule has 0 spiro atoms. The Morgan fingerprint density at radius 1 is 1.08 bits per heavy atom. The van der Waals surface area contributed by atoms with Gasteiger partial charge in [-0.15, -0.1) is 0 Å². The number of amides is 2. The molecule has 0 atom stereocenters. The molecule has 0 unspecified atom stereocenters. The topological polar surface area (TPSA) is 84.9 Å². The summed E-state index contributed by atoms with van der Waals surface area (Å²) in [5.74, 6) is -0.502. The van der Waals surface area contributed by atoms with E-state index in [0.717, 1.165) is 0 Å². The minimum absolute atomic E-state index is 0.125. The van der Waals surface area contributed by atoms with E-state index in [1.54, 1.807) is 23.1 Å². The van der Waals surface area contributed by atoms with Crippen LogP contribution in [0.3, 0.4) is 0 Å². The number of furan rings is 2. The van der Waals surface area contributed by atoms with Crippen molar-refractivity contribution in [2.75, 3.05) is 31.6 Å². The second-order valence-corrected chi connectivity index (χ2v) is 5.67. The molecule has 25 heavy (non-hydrogen) atoms. The molecule has 3 aromatic rings. The largest absolute Gasteiger partial charge is 0.472 e. The van der Waals surface area contributed by atoms with Gasteiger partial charge in [0.2, 0.25) is 5.76 Å². The number of nitrogens with one attached hydrogen (secondary N) is 1. The molecule has 2 amide bonds. The fourth-order valence-electron chi connectivity index (χ4n) is 2.81. The van der Waals surface area contributed by atoms with Gasteiger partial charge in [0.25, 0.3) is 11.8 Å². The first-order valence-electron chi connectivity index (χ1n) is 7.96. The SMILES string of the molecule is O=C(Nc1c(C(=O)N2CCOCC2)oc2ccccc12)c1ccoc1. The Balaban J connectivity index is 1.72. The first kappa shape index (κ1) is 15.5. The number of carbonyl (C=O) groups is 2. The summed E-state index contributed by atoms with van der Waals surface area (Å²) in [5, 5.41) is 3.46. The van der Waals surface area contributed by atoms with Gasteiger partial charge < -0.3 is 23.8 Å². The zero-order chi connectivity index (χ0) is 17.2. The van der Waals surface area contributed by atoms with Crippen LogP contribution < -0.4 is 5.32 Å². The summed E-state index contributed by atoms with van der Waals surface area (Å²) < 4.78 is 16.0. The Morgan fingerprint density at radius 3 is 2.64 bits per heavy atom. The van der Waals surface area contributed by atoms with Crippen LogP contribution in [0.15, 0.2) is 51.7 Å². The lowest BCUT2D eigenvalue weighted by molar-refractivity contribution is 0.0285. The molecule has 3 heterocycles. The number of rotatable bonds is 3. The van der Waals surface area contributed by atoms with Crippen molar-refractivity contribution in [1.82, 2.24) is 4.90 Å². The van der Waals surface area contributed by atoms with Crippen LogP contribution in [-0.4, -0.2) is 43.0 Å². The molecule has 2 aromatic heterocycles. The van der Waals surface area contributed by atoms with Gasteiger partial charge in [0.1, 0.15) is 17.5 Å². The van der Waals surface area contributed by atoms with Crippen molar-refractivity contribution in [1.29, 1.82) is 0 Å². The Labute approximate surface area is 143 Å². The third-order valence-electron chi connectivity index (χ3n) is 4.11. The van der Waals surface area contributed by atoms with E-state index in [2.05, 4.69) is 5.32 Å². The van der Waals surface area contributed by atoms with Gasteiger partial charge in [0.15, 0.2) is 0 Å². The number of anilines is 1. The van der Waals surface area contributed by atoms with Gasteiger partial charge in [-0.3, -0.25) is 9.59 Å². The monoisotopic (exact) mass is 340 g/mol. The number of benzene rings is 1. The van der Waals surface area contributed by atoms with Gasteiger partial charge in [-0.25, -0.2) is 0 Å². The van der Waals surface area contributed by atoms with Gasteiger partial charge in [-0.2, -0.15) is 0 Å². The summed E-state index contributed by atoms with van der Waals surface area (Å²) in [6.45, 7) is 1.96. The molecule has 0 saturated carbocycles. The van der Waals surface area contributed by atoms with E-state index >= 15 is 0 Å². The Bertz CT molecular complexity index is 907. The van der Waals surface area contributed by atoms with Crippen molar-refractivity contribution in [2.24, 2.45) is 0 Å². The minimum atomic E-state index is -0.365. The number of nitrogens with zero attached hydrogens (tertiary/aromatic N) is 1. The molecule has 1 N–H and O–H groups in total. The molecule has 1 aromatic carbocycles. The molecule has 0 bridgehead atoms. The van der Waals surface area contributed by atoms with Crippen LogP contribution in [0, 0.1) is 0 Å². The number of carbonyl (C=O) groups excluding carboxylic acids is 2. The number of hydrogen-bond acceptors (Lipinski definition) is 5. The van der Waals surface area contributed by atoms with E-state index in [-0.39, 0.29) is 17.6 Å². The van der Waals surface area contributed by atoms with Crippen LogP contribution in [0.2, 0.25) is 0 Å². The van der Waals surface area contributed by atoms with E-state index in [0.29, 0.717) is 48.5 Å². The third kappa shape index (κ3) is 2.89. The lowest BCUT2D eigenvalue weighted by Crippen LogP contribution is -2.40. The smallest absolute Gasteiger partial charge is 0.291 e. The zero-order valence-corrected chi connectivity index (χ0v) is 13.4. The van der Waals surface area contributed by atoms with Crippen LogP contribution in [-0.2, 0) is 4.74 Å². The van der Waals surface area contributed by atoms with E-state index in [1.165, 1.54) is 12.5 Å². The van der Waals surface area contributed by atoms with Crippen LogP contribution in [0.5, 0.6) is 0 Å². The van der Waals surface area contributed by atoms with E-state index < -0.39 is 0 Å². The van der Waals surface area contributed by atoms with Crippen molar-refractivity contribution < 1.29 is 23.2 Å². The molecule has 0 radical (unpaired) electrons. The van der Waals surface area contributed by atoms with Crippen LogP contribution in [0.4, 0.5) is 5.69 Å². The summed E-state index contributed by atoms with van der Waals surface area (Å²) in [6, 6.07) is 8.77. The Morgan fingerprint density at radius 2 is 1.88 bits per heavy atom. The van der Waals surface area contributed by atoms with Crippen molar-refractivity contribution >= 4 is 28.5 Å². The maximum Gasteiger partial charge on any atom is 0.291 e. The van der Waals surface area contributed by atoms with E-state index in [1.807, 2.05) is 12.1 Å². The first-order chi connectivity index (χ1) is 12.2. The minimum Gasteiger partial charge on any atom is -0.472 e. The van der Waals surface area contributed by atoms with Crippen molar-refractivity contribution in [2.45, 2.75) is 0 Å². The van der Waals surface area contributed by atoms with Crippen molar-refractivity contribution in [3.8, 4) is 0 Å². The summed E-state index contributed by atoms with van der Waals surface area (Å²) in [4.78, 5) is 26.9. The van der Waals surface area contributed by atoms with Gasteiger partial charge >= 0.3 is 0 Å². The molecule has 4 rings (SSSR count). The molecule has 1 aliphatic rings. The number of morpholine rings is 1. The lowest BCUT2D eigenvalue weighted by atomic mass is 10.2. The van der Waals surface area contributed by atoms with Gasteiger partial charge in [0, 0.05) is 18.5 Å². The second kappa shape index (κ2) is 6.45. The highest BCUT2D eigenvalue weighted by molar-refractivity contribution is 6.14. The number of ether oxygens (including phenoxy) is 1. The fraction of sp³-hybridized carbons (Fsp3) is 0.222. The maximum absolute atomic E-state index is 12.9. The molecule has 1 aliphatic heterocycles. The summed E-state index contributed by atoms with van der Waals surface area (Å²) >= 11 is 0. The molecule has 7 nitrogen and oxygen atoms in total. The van der Waals surface area contributed by atoms with Gasteiger partial charge in [-0.05, 0) is 18.2 Å². The highest BCUT2D eigenvalue weighted by atomic mass is 16.5. The quantitative estimate of drug-likeness (QED) is 0.792. The van der Waals surface area contributed by atoms with E-state index in [4.69, 9.17) is 13.6 Å². The average Bonchev–Trinajstić information content (AvgIpc) is 3.30. The van der Waals surface area contributed by atoms with Crippen LogP contribution in [0.1, 0.15) is 20.9 Å². The molecule has 1 fully saturated rings. The average molecular weight is 340 g/mol. The summed E-state index contributed by atoms with van der Waals surface area (Å²) in [7, 11) is 0. The fourth-order valence-corrected chi connectivity index (χ4v) is 2.81. The molecular weight excluding hydrogens is 324 g/mol. The van der Waals surface area contributed by atoms with E-state index in [9.17, 15) is 9.59 Å². The molecule has 0 aliphatic carbocycles. The summed E-state index contributed by atoms with van der Waals surface area (Å²) in [6.07, 6.45) is 2.77. The maximum atomic E-state index is 12.9. The molecule has 7 heteroatoms. The highest BCUT2D eigenvalue weighted by Crippen LogP contribution is 2.32. The highest BCUT2D eigenvalue weighted by Gasteiger charge is 2.27. The molecule has 1 saturated heterocycles. The van der Waals surface area contributed by atoms with Gasteiger partial charge in [0.05, 0.1) is 25.0 Å². The summed E-state index contributed by atoms with van der Waals surface area (Å²) in [5.41, 5.74) is 1.29. The van der Waals surface area contributed by atoms with Crippen LogP contribution >= 0.6 is 0 Å². The lowest BCUT2D eigenvalue weighted by Gasteiger charge is -2.26. The Kier molecular flexibility index (Phi) is 3.99. The van der Waals surface area contributed by atoms with Crippen molar-refractivity contribution in [3.63, 3.8) is 0 Å². The number of para-hydroxylation sites is 1. The molecular formula is C18H16N2O5. The standard InChI is InChI=1S/C18H16N2O5/c21-17(12-5-8-24-11-12)19-15-13-3-1-2-4-14(13)25-16(15)18(22)20-6-9-23-10-7-20/h1-5,8,11H,6-7,9-10H2,(H,19,21).